The maximum atomic E-state index is 12.3. The molecule has 0 spiro atoms. The number of ether oxygens (including phenoxy) is 2. The predicted octanol–water partition coefficient (Wildman–Crippen LogP) is 4.88. The SMILES string of the molecule is CC(C)Oc1ccc(S(=O)(=O)N/N=C/c2cc(Cl)c(OC(C)C)c(Cl)c2)cc1. The van der Waals surface area contributed by atoms with Gasteiger partial charge in [-0.25, -0.2) is 4.83 Å². The van der Waals surface area contributed by atoms with Gasteiger partial charge in [0.2, 0.25) is 0 Å². The third-order valence-electron chi connectivity index (χ3n) is 3.27. The van der Waals surface area contributed by atoms with Crippen molar-refractivity contribution in [3.63, 3.8) is 0 Å². The van der Waals surface area contributed by atoms with Crippen LogP contribution in [0.3, 0.4) is 0 Å². The third kappa shape index (κ3) is 6.29. The first-order valence-corrected chi connectivity index (χ1v) is 10.8. The molecule has 0 unspecified atom stereocenters. The van der Waals surface area contributed by atoms with Crippen LogP contribution < -0.4 is 14.3 Å². The lowest BCUT2D eigenvalue weighted by atomic mass is 10.2. The number of hydrogen-bond donors (Lipinski definition) is 1. The smallest absolute Gasteiger partial charge is 0.276 e. The Hall–Kier alpha value is -1.96. The predicted molar refractivity (Wildman–Crippen MR) is 112 cm³/mol. The van der Waals surface area contributed by atoms with Crippen LogP contribution in [-0.4, -0.2) is 26.8 Å². The Labute approximate surface area is 175 Å². The molecule has 0 radical (unpaired) electrons. The Morgan fingerprint density at radius 2 is 1.50 bits per heavy atom. The molecule has 0 saturated carbocycles. The van der Waals surface area contributed by atoms with E-state index >= 15 is 0 Å². The van der Waals surface area contributed by atoms with E-state index in [9.17, 15) is 8.42 Å². The van der Waals surface area contributed by atoms with Crippen molar-refractivity contribution in [2.24, 2.45) is 5.10 Å². The zero-order valence-corrected chi connectivity index (χ0v) is 18.3. The second-order valence-electron chi connectivity index (χ2n) is 6.47. The summed E-state index contributed by atoms with van der Waals surface area (Å²) in [6.45, 7) is 7.50. The largest absolute Gasteiger partial charge is 0.491 e. The van der Waals surface area contributed by atoms with Crippen LogP contribution in [-0.2, 0) is 10.0 Å². The zero-order chi connectivity index (χ0) is 20.9. The van der Waals surface area contributed by atoms with Crippen molar-refractivity contribution in [1.82, 2.24) is 4.83 Å². The van der Waals surface area contributed by atoms with Gasteiger partial charge in [0, 0.05) is 0 Å². The molecule has 6 nitrogen and oxygen atoms in total. The van der Waals surface area contributed by atoms with Crippen molar-refractivity contribution < 1.29 is 17.9 Å². The first-order valence-electron chi connectivity index (χ1n) is 8.56. The van der Waals surface area contributed by atoms with Crippen molar-refractivity contribution >= 4 is 39.4 Å². The summed E-state index contributed by atoms with van der Waals surface area (Å²) in [6.07, 6.45) is 1.23. The second-order valence-corrected chi connectivity index (χ2v) is 8.95. The number of hydrazone groups is 1. The topological polar surface area (TPSA) is 77.0 Å². The van der Waals surface area contributed by atoms with Crippen molar-refractivity contribution in [3.05, 3.63) is 52.0 Å². The molecule has 9 heteroatoms. The molecule has 2 aromatic rings. The van der Waals surface area contributed by atoms with Gasteiger partial charge in [0.15, 0.2) is 5.75 Å². The van der Waals surface area contributed by atoms with Crippen molar-refractivity contribution in [1.29, 1.82) is 0 Å². The molecule has 0 heterocycles. The minimum absolute atomic E-state index is 0.00107. The molecule has 0 aliphatic carbocycles. The first-order chi connectivity index (χ1) is 13.1. The Kier molecular flexibility index (Phi) is 7.57. The van der Waals surface area contributed by atoms with Gasteiger partial charge in [0.05, 0.1) is 33.4 Å². The number of benzene rings is 2. The van der Waals surface area contributed by atoms with Crippen LogP contribution in [0.2, 0.25) is 10.0 Å². The van der Waals surface area contributed by atoms with Crippen molar-refractivity contribution in [2.45, 2.75) is 44.8 Å². The normalized spacial score (nSPS) is 12.0. The summed E-state index contributed by atoms with van der Waals surface area (Å²) in [5, 5.41) is 4.40. The highest BCUT2D eigenvalue weighted by Gasteiger charge is 2.14. The number of nitrogens with zero attached hydrogens (tertiary/aromatic N) is 1. The van der Waals surface area contributed by atoms with Gasteiger partial charge in [-0.1, -0.05) is 23.2 Å². The van der Waals surface area contributed by atoms with Crippen LogP contribution in [0.25, 0.3) is 0 Å². The molecule has 0 aromatic heterocycles. The summed E-state index contributed by atoms with van der Waals surface area (Å²) in [7, 11) is -3.81. The lowest BCUT2D eigenvalue weighted by Crippen LogP contribution is -2.18. The van der Waals surface area contributed by atoms with Gasteiger partial charge in [-0.05, 0) is 69.7 Å². The number of nitrogens with one attached hydrogen (secondary N) is 1. The minimum atomic E-state index is -3.81. The Balaban J connectivity index is 2.11. The molecule has 0 fully saturated rings. The maximum absolute atomic E-state index is 12.3. The van der Waals surface area contributed by atoms with E-state index < -0.39 is 10.0 Å². The zero-order valence-electron chi connectivity index (χ0n) is 15.9. The lowest BCUT2D eigenvalue weighted by molar-refractivity contribution is 0.242. The van der Waals surface area contributed by atoms with Gasteiger partial charge in [0.1, 0.15) is 5.75 Å². The highest BCUT2D eigenvalue weighted by molar-refractivity contribution is 7.89. The van der Waals surface area contributed by atoms with Crippen LogP contribution in [0.5, 0.6) is 11.5 Å². The fraction of sp³-hybridized carbons (Fsp3) is 0.316. The molecule has 0 bridgehead atoms. The lowest BCUT2D eigenvalue weighted by Gasteiger charge is -2.13. The molecule has 152 valence electrons. The maximum Gasteiger partial charge on any atom is 0.276 e. The van der Waals surface area contributed by atoms with Crippen LogP contribution >= 0.6 is 23.2 Å². The summed E-state index contributed by atoms with van der Waals surface area (Å²) in [4.78, 5) is 2.22. The Morgan fingerprint density at radius 3 is 2.00 bits per heavy atom. The van der Waals surface area contributed by atoms with E-state index in [1.165, 1.54) is 18.3 Å². The molecular weight excluding hydrogens is 423 g/mol. The molecule has 0 aliphatic heterocycles. The summed E-state index contributed by atoms with van der Waals surface area (Å²) in [5.41, 5.74) is 0.523. The average molecular weight is 445 g/mol. The molecule has 0 amide bonds. The number of sulfonamides is 1. The summed E-state index contributed by atoms with van der Waals surface area (Å²) >= 11 is 12.3. The highest BCUT2D eigenvalue weighted by Crippen LogP contribution is 2.34. The van der Waals surface area contributed by atoms with Crippen LogP contribution in [0.4, 0.5) is 0 Å². The van der Waals surface area contributed by atoms with Gasteiger partial charge < -0.3 is 9.47 Å². The van der Waals surface area contributed by atoms with Gasteiger partial charge in [-0.3, -0.25) is 0 Å². The van der Waals surface area contributed by atoms with Crippen LogP contribution in [0.15, 0.2) is 46.4 Å². The average Bonchev–Trinajstić information content (AvgIpc) is 2.58. The fourth-order valence-corrected chi connectivity index (χ4v) is 3.58. The van der Waals surface area contributed by atoms with Gasteiger partial charge in [-0.15, -0.1) is 0 Å². The van der Waals surface area contributed by atoms with E-state index in [0.29, 0.717) is 27.1 Å². The molecule has 28 heavy (non-hydrogen) atoms. The highest BCUT2D eigenvalue weighted by atomic mass is 35.5. The van der Waals surface area contributed by atoms with E-state index in [2.05, 4.69) is 9.93 Å². The molecule has 2 aromatic carbocycles. The first kappa shape index (κ1) is 22.3. The number of hydrogen-bond acceptors (Lipinski definition) is 5. The van der Waals surface area contributed by atoms with E-state index in [1.807, 2.05) is 27.7 Å². The molecule has 0 aliphatic rings. The monoisotopic (exact) mass is 444 g/mol. The Bertz CT molecular complexity index is 920. The molecular formula is C19H22Cl2N2O4S. The molecule has 0 saturated heterocycles. The van der Waals surface area contributed by atoms with E-state index in [-0.39, 0.29) is 17.1 Å². The second kappa shape index (κ2) is 9.49. The van der Waals surface area contributed by atoms with E-state index in [4.69, 9.17) is 32.7 Å². The van der Waals surface area contributed by atoms with Gasteiger partial charge >= 0.3 is 0 Å². The molecule has 1 N–H and O–H groups in total. The van der Waals surface area contributed by atoms with E-state index in [0.717, 1.165) is 0 Å². The summed E-state index contributed by atoms with van der Waals surface area (Å²) in [6, 6.07) is 9.24. The number of rotatable bonds is 8. The molecule has 0 atom stereocenters. The number of halogens is 2. The van der Waals surface area contributed by atoms with E-state index in [1.54, 1.807) is 24.3 Å². The van der Waals surface area contributed by atoms with Crippen molar-refractivity contribution in [3.8, 4) is 11.5 Å². The third-order valence-corrected chi connectivity index (χ3v) is 5.07. The standard InChI is InChI=1S/C19H22Cl2N2O4S/c1-12(2)26-15-5-7-16(8-6-15)28(24,25)23-22-11-14-9-17(20)19(18(21)10-14)27-13(3)4/h5-13,23H,1-4H3/b22-11+. The van der Waals surface area contributed by atoms with Crippen LogP contribution in [0.1, 0.15) is 33.3 Å². The van der Waals surface area contributed by atoms with Crippen LogP contribution in [0, 0.1) is 0 Å². The van der Waals surface area contributed by atoms with Gasteiger partial charge in [0.25, 0.3) is 10.0 Å². The van der Waals surface area contributed by atoms with Crippen molar-refractivity contribution in [2.75, 3.05) is 0 Å². The summed E-state index contributed by atoms with van der Waals surface area (Å²) < 4.78 is 35.7. The summed E-state index contributed by atoms with van der Waals surface area (Å²) in [5.74, 6) is 0.963. The fourth-order valence-electron chi connectivity index (χ4n) is 2.19. The minimum Gasteiger partial charge on any atom is -0.491 e. The Morgan fingerprint density at radius 1 is 0.964 bits per heavy atom. The quantitative estimate of drug-likeness (QED) is 0.464. The van der Waals surface area contributed by atoms with Gasteiger partial charge in [-0.2, -0.15) is 13.5 Å². The molecule has 2 rings (SSSR count).